The molecule has 4 nitrogen and oxygen atoms in total. The van der Waals surface area contributed by atoms with Crippen LogP contribution in [0.2, 0.25) is 0 Å². The minimum atomic E-state index is -3.13. The Morgan fingerprint density at radius 2 is 2.06 bits per heavy atom. The monoisotopic (exact) mass is 265 g/mol. The van der Waals surface area contributed by atoms with Crippen LogP contribution in [0.4, 0.5) is 0 Å². The normalized spacial score (nSPS) is 21.1. The van der Waals surface area contributed by atoms with E-state index >= 15 is 0 Å². The standard InChI is InChI=1S/C13H15NO3S/c15-13(14-11-4-5-11)10-3-6-12-9(8-10)2-1-7-18(12,16)17/h3,6,8,11H,1-2,4-5,7H2,(H,14,15). The Bertz CT molecular complexity index is 603. The van der Waals surface area contributed by atoms with Gasteiger partial charge in [-0.25, -0.2) is 8.42 Å². The summed E-state index contributed by atoms with van der Waals surface area (Å²) < 4.78 is 23.7. The molecule has 1 aliphatic heterocycles. The second-order valence-electron chi connectivity index (χ2n) is 4.99. The highest BCUT2D eigenvalue weighted by Gasteiger charge is 2.26. The van der Waals surface area contributed by atoms with E-state index in [0.29, 0.717) is 22.9 Å². The Morgan fingerprint density at radius 3 is 2.78 bits per heavy atom. The number of benzene rings is 1. The molecule has 1 aromatic rings. The fraction of sp³-hybridized carbons (Fsp3) is 0.462. The van der Waals surface area contributed by atoms with Crippen molar-refractivity contribution in [1.29, 1.82) is 0 Å². The molecule has 3 rings (SSSR count). The maximum atomic E-state index is 11.9. The molecule has 2 aliphatic rings. The highest BCUT2D eigenvalue weighted by molar-refractivity contribution is 7.91. The van der Waals surface area contributed by atoms with Crippen LogP contribution in [0, 0.1) is 0 Å². The van der Waals surface area contributed by atoms with Crippen molar-refractivity contribution in [3.8, 4) is 0 Å². The summed E-state index contributed by atoms with van der Waals surface area (Å²) in [5.41, 5.74) is 1.35. The molecule has 0 spiro atoms. The molecule has 96 valence electrons. The molecule has 1 N–H and O–H groups in total. The number of rotatable bonds is 2. The van der Waals surface area contributed by atoms with Gasteiger partial charge in [-0.3, -0.25) is 4.79 Å². The zero-order chi connectivity index (χ0) is 12.8. The van der Waals surface area contributed by atoms with Crippen molar-refractivity contribution in [2.24, 2.45) is 0 Å². The summed E-state index contributed by atoms with van der Waals surface area (Å²) in [7, 11) is -3.13. The van der Waals surface area contributed by atoms with Crippen LogP contribution < -0.4 is 5.32 Å². The Morgan fingerprint density at radius 1 is 1.28 bits per heavy atom. The van der Waals surface area contributed by atoms with Crippen molar-refractivity contribution in [1.82, 2.24) is 5.32 Å². The van der Waals surface area contributed by atoms with Gasteiger partial charge >= 0.3 is 0 Å². The topological polar surface area (TPSA) is 63.2 Å². The summed E-state index contributed by atoms with van der Waals surface area (Å²) in [6.07, 6.45) is 3.47. The molecule has 1 heterocycles. The highest BCUT2D eigenvalue weighted by Crippen LogP contribution is 2.26. The van der Waals surface area contributed by atoms with Gasteiger partial charge in [-0.05, 0) is 49.4 Å². The van der Waals surface area contributed by atoms with E-state index < -0.39 is 9.84 Å². The molecule has 0 bridgehead atoms. The second-order valence-corrected chi connectivity index (χ2v) is 7.07. The van der Waals surface area contributed by atoms with Crippen LogP contribution >= 0.6 is 0 Å². The van der Waals surface area contributed by atoms with Gasteiger partial charge in [-0.15, -0.1) is 0 Å². The molecule has 1 fully saturated rings. The Balaban J connectivity index is 1.93. The minimum absolute atomic E-state index is 0.0942. The first-order chi connectivity index (χ1) is 8.56. The first-order valence-corrected chi connectivity index (χ1v) is 7.88. The van der Waals surface area contributed by atoms with Crippen LogP contribution in [0.15, 0.2) is 23.1 Å². The largest absolute Gasteiger partial charge is 0.349 e. The van der Waals surface area contributed by atoms with Gasteiger partial charge < -0.3 is 5.32 Å². The number of fused-ring (bicyclic) bond motifs is 1. The first kappa shape index (κ1) is 11.7. The molecule has 0 atom stereocenters. The number of aryl methyl sites for hydroxylation is 1. The third-order valence-corrected chi connectivity index (χ3v) is 5.32. The average Bonchev–Trinajstić information content (AvgIpc) is 3.12. The summed E-state index contributed by atoms with van der Waals surface area (Å²) in [6.45, 7) is 0. The lowest BCUT2D eigenvalue weighted by atomic mass is 10.1. The van der Waals surface area contributed by atoms with Crippen LogP contribution in [0.1, 0.15) is 35.2 Å². The van der Waals surface area contributed by atoms with E-state index in [1.807, 2.05) is 0 Å². The molecule has 5 heteroatoms. The van der Waals surface area contributed by atoms with Crippen LogP contribution in [-0.2, 0) is 16.3 Å². The van der Waals surface area contributed by atoms with Crippen LogP contribution in [0.5, 0.6) is 0 Å². The predicted octanol–water partition coefficient (Wildman–Crippen LogP) is 1.30. The van der Waals surface area contributed by atoms with Gasteiger partial charge in [0, 0.05) is 11.6 Å². The summed E-state index contributed by atoms with van der Waals surface area (Å²) in [4.78, 5) is 12.3. The number of nitrogens with one attached hydrogen (secondary N) is 1. The molecule has 18 heavy (non-hydrogen) atoms. The summed E-state index contributed by atoms with van der Waals surface area (Å²) >= 11 is 0. The third kappa shape index (κ3) is 2.14. The van der Waals surface area contributed by atoms with Crippen molar-refractivity contribution >= 4 is 15.7 Å². The van der Waals surface area contributed by atoms with Gasteiger partial charge in [0.1, 0.15) is 0 Å². The minimum Gasteiger partial charge on any atom is -0.349 e. The number of sulfone groups is 1. The smallest absolute Gasteiger partial charge is 0.251 e. The molecule has 0 saturated heterocycles. The lowest BCUT2D eigenvalue weighted by Crippen LogP contribution is -2.26. The van der Waals surface area contributed by atoms with E-state index in [9.17, 15) is 13.2 Å². The van der Waals surface area contributed by atoms with Gasteiger partial charge in [0.05, 0.1) is 10.6 Å². The van der Waals surface area contributed by atoms with E-state index in [1.165, 1.54) is 0 Å². The van der Waals surface area contributed by atoms with Crippen molar-refractivity contribution in [2.45, 2.75) is 36.6 Å². The predicted molar refractivity (Wildman–Crippen MR) is 67.3 cm³/mol. The van der Waals surface area contributed by atoms with E-state index in [1.54, 1.807) is 18.2 Å². The fourth-order valence-corrected chi connectivity index (χ4v) is 3.86. The molecule has 0 radical (unpaired) electrons. The number of carbonyl (C=O) groups excluding carboxylic acids is 1. The lowest BCUT2D eigenvalue weighted by Gasteiger charge is -2.16. The quantitative estimate of drug-likeness (QED) is 0.876. The Kier molecular flexibility index (Phi) is 2.66. The highest BCUT2D eigenvalue weighted by atomic mass is 32.2. The van der Waals surface area contributed by atoms with Gasteiger partial charge in [0.25, 0.3) is 5.91 Å². The molecule has 1 saturated carbocycles. The summed E-state index contributed by atoms with van der Waals surface area (Å²) in [5.74, 6) is 0.122. The van der Waals surface area contributed by atoms with Crippen molar-refractivity contribution in [2.75, 3.05) is 5.75 Å². The van der Waals surface area contributed by atoms with Gasteiger partial charge in [-0.1, -0.05) is 0 Å². The maximum absolute atomic E-state index is 11.9. The van der Waals surface area contributed by atoms with Gasteiger partial charge in [-0.2, -0.15) is 0 Å². The number of hydrogen-bond acceptors (Lipinski definition) is 3. The fourth-order valence-electron chi connectivity index (χ4n) is 2.28. The molecule has 1 amide bonds. The SMILES string of the molecule is O=C(NC1CC1)c1ccc2c(c1)CCCS2(=O)=O. The van der Waals surface area contributed by atoms with E-state index in [0.717, 1.165) is 24.8 Å². The Hall–Kier alpha value is -1.36. The second kappa shape index (κ2) is 4.09. The molecule has 0 aromatic heterocycles. The number of carbonyl (C=O) groups is 1. The van der Waals surface area contributed by atoms with Crippen LogP contribution in [0.3, 0.4) is 0 Å². The molecule has 1 aromatic carbocycles. The third-order valence-electron chi connectivity index (χ3n) is 3.43. The van der Waals surface area contributed by atoms with Crippen molar-refractivity contribution < 1.29 is 13.2 Å². The maximum Gasteiger partial charge on any atom is 0.251 e. The zero-order valence-electron chi connectivity index (χ0n) is 9.98. The van der Waals surface area contributed by atoms with Crippen LogP contribution in [0.25, 0.3) is 0 Å². The number of amides is 1. The first-order valence-electron chi connectivity index (χ1n) is 6.23. The van der Waals surface area contributed by atoms with Gasteiger partial charge in [0.2, 0.25) is 0 Å². The van der Waals surface area contributed by atoms with Crippen LogP contribution in [-0.4, -0.2) is 26.1 Å². The van der Waals surface area contributed by atoms with E-state index in [4.69, 9.17) is 0 Å². The summed E-state index contributed by atoms with van der Waals surface area (Å²) in [5, 5.41) is 2.91. The van der Waals surface area contributed by atoms with Crippen molar-refractivity contribution in [3.05, 3.63) is 29.3 Å². The lowest BCUT2D eigenvalue weighted by molar-refractivity contribution is 0.0951. The van der Waals surface area contributed by atoms with Crippen molar-refractivity contribution in [3.63, 3.8) is 0 Å². The molecular weight excluding hydrogens is 250 g/mol. The molecule has 0 unspecified atom stereocenters. The van der Waals surface area contributed by atoms with E-state index in [2.05, 4.69) is 5.32 Å². The molecular formula is C13H15NO3S. The molecule has 1 aliphatic carbocycles. The summed E-state index contributed by atoms with van der Waals surface area (Å²) in [6, 6.07) is 5.23. The zero-order valence-corrected chi connectivity index (χ0v) is 10.8. The number of hydrogen-bond donors (Lipinski definition) is 1. The van der Waals surface area contributed by atoms with Gasteiger partial charge in [0.15, 0.2) is 9.84 Å². The average molecular weight is 265 g/mol. The van der Waals surface area contributed by atoms with E-state index in [-0.39, 0.29) is 11.7 Å². The Labute approximate surface area is 106 Å².